The number of aromatic hydroxyl groups is 1. The number of anilines is 1. The molecule has 1 aromatic rings. The number of phenols is 1. The second-order valence-electron chi connectivity index (χ2n) is 2.64. The molecule has 1 rings (SSSR count). The van der Waals surface area contributed by atoms with Crippen LogP contribution in [0.2, 0.25) is 0 Å². The van der Waals surface area contributed by atoms with Gasteiger partial charge in [-0.2, -0.15) is 0 Å². The minimum absolute atomic E-state index is 0.0516. The highest BCUT2D eigenvalue weighted by atomic mass is 35.5. The van der Waals surface area contributed by atoms with Crippen LogP contribution in [0.1, 0.15) is 16.8 Å². The molecule has 0 amide bonds. The van der Waals surface area contributed by atoms with Crippen LogP contribution in [0, 0.1) is 0 Å². The molecular formula is C9H10ClNO2. The summed E-state index contributed by atoms with van der Waals surface area (Å²) < 4.78 is 0. The van der Waals surface area contributed by atoms with E-state index in [-0.39, 0.29) is 29.4 Å². The molecule has 0 aliphatic rings. The third-order valence-electron chi connectivity index (χ3n) is 1.64. The smallest absolute Gasteiger partial charge is 0.167 e. The van der Waals surface area contributed by atoms with Gasteiger partial charge in [-0.05, 0) is 18.2 Å². The topological polar surface area (TPSA) is 63.3 Å². The van der Waals surface area contributed by atoms with Crippen LogP contribution in [0.4, 0.5) is 5.69 Å². The maximum atomic E-state index is 11.3. The van der Waals surface area contributed by atoms with Gasteiger partial charge in [-0.25, -0.2) is 0 Å². The van der Waals surface area contributed by atoms with E-state index >= 15 is 0 Å². The third kappa shape index (κ3) is 2.36. The van der Waals surface area contributed by atoms with E-state index in [0.717, 1.165) is 0 Å². The zero-order chi connectivity index (χ0) is 9.84. The van der Waals surface area contributed by atoms with E-state index in [9.17, 15) is 9.90 Å². The lowest BCUT2D eigenvalue weighted by Crippen LogP contribution is -2.01. The summed E-state index contributed by atoms with van der Waals surface area (Å²) in [4.78, 5) is 11.3. The average molecular weight is 200 g/mol. The Morgan fingerprint density at radius 2 is 2.23 bits per heavy atom. The summed E-state index contributed by atoms with van der Waals surface area (Å²) in [5.74, 6) is -0.00306. The molecule has 0 fully saturated rings. The van der Waals surface area contributed by atoms with Crippen LogP contribution in [0.15, 0.2) is 18.2 Å². The van der Waals surface area contributed by atoms with Crippen molar-refractivity contribution in [2.45, 2.75) is 6.42 Å². The molecule has 0 aromatic heterocycles. The molecule has 0 aliphatic carbocycles. The van der Waals surface area contributed by atoms with Crippen molar-refractivity contribution in [3.8, 4) is 5.75 Å². The summed E-state index contributed by atoms with van der Waals surface area (Å²) in [5.41, 5.74) is 6.16. The van der Waals surface area contributed by atoms with Crippen LogP contribution in [-0.4, -0.2) is 16.8 Å². The van der Waals surface area contributed by atoms with E-state index < -0.39 is 0 Å². The first-order valence-corrected chi connectivity index (χ1v) is 4.36. The summed E-state index contributed by atoms with van der Waals surface area (Å²) in [5, 5.41) is 9.31. The Morgan fingerprint density at radius 1 is 1.54 bits per heavy atom. The van der Waals surface area contributed by atoms with Crippen molar-refractivity contribution >= 4 is 23.1 Å². The van der Waals surface area contributed by atoms with Crippen LogP contribution < -0.4 is 5.73 Å². The molecule has 0 spiro atoms. The number of hydrogen-bond acceptors (Lipinski definition) is 3. The molecule has 0 saturated heterocycles. The minimum Gasteiger partial charge on any atom is -0.507 e. The van der Waals surface area contributed by atoms with E-state index in [0.29, 0.717) is 5.69 Å². The van der Waals surface area contributed by atoms with Crippen molar-refractivity contribution in [2.24, 2.45) is 0 Å². The first-order chi connectivity index (χ1) is 6.15. The number of alkyl halides is 1. The number of halogens is 1. The monoisotopic (exact) mass is 199 g/mol. The molecule has 1 aromatic carbocycles. The normalized spacial score (nSPS) is 9.92. The first-order valence-electron chi connectivity index (χ1n) is 3.83. The van der Waals surface area contributed by atoms with Crippen molar-refractivity contribution in [3.63, 3.8) is 0 Å². The lowest BCUT2D eigenvalue weighted by molar-refractivity contribution is 0.0986. The molecule has 13 heavy (non-hydrogen) atoms. The number of nitrogen functional groups attached to an aromatic ring is 1. The molecule has 0 radical (unpaired) electrons. The Hall–Kier alpha value is -1.22. The number of benzene rings is 1. The van der Waals surface area contributed by atoms with Gasteiger partial charge >= 0.3 is 0 Å². The SMILES string of the molecule is Nc1ccc(O)c(C(=O)CCCl)c1. The van der Waals surface area contributed by atoms with Crippen molar-refractivity contribution in [2.75, 3.05) is 11.6 Å². The van der Waals surface area contributed by atoms with Gasteiger partial charge in [-0.15, -0.1) is 11.6 Å². The molecule has 3 N–H and O–H groups in total. The van der Waals surface area contributed by atoms with E-state index in [1.54, 1.807) is 0 Å². The molecule has 0 atom stereocenters. The standard InChI is InChI=1S/C9H10ClNO2/c10-4-3-9(13)7-5-6(11)1-2-8(7)12/h1-2,5,12H,3-4,11H2. The number of nitrogens with two attached hydrogens (primary N) is 1. The predicted octanol–water partition coefficient (Wildman–Crippen LogP) is 1.79. The van der Waals surface area contributed by atoms with E-state index in [1.165, 1.54) is 18.2 Å². The molecule has 0 heterocycles. The molecule has 4 heteroatoms. The number of rotatable bonds is 3. The Labute approximate surface area is 81.1 Å². The van der Waals surface area contributed by atoms with Crippen molar-refractivity contribution in [1.29, 1.82) is 0 Å². The highest BCUT2D eigenvalue weighted by Crippen LogP contribution is 2.21. The molecule has 3 nitrogen and oxygen atoms in total. The van der Waals surface area contributed by atoms with Gasteiger partial charge in [0.15, 0.2) is 5.78 Å². The van der Waals surface area contributed by atoms with Gasteiger partial charge in [0.2, 0.25) is 0 Å². The zero-order valence-corrected chi connectivity index (χ0v) is 7.71. The minimum atomic E-state index is -0.195. The molecule has 0 aliphatic heterocycles. The van der Waals surface area contributed by atoms with Gasteiger partial charge in [-0.1, -0.05) is 0 Å². The van der Waals surface area contributed by atoms with Crippen LogP contribution >= 0.6 is 11.6 Å². The van der Waals surface area contributed by atoms with Gasteiger partial charge in [0.25, 0.3) is 0 Å². The molecule has 70 valence electrons. The summed E-state index contributed by atoms with van der Waals surface area (Å²) in [6.45, 7) is 0. The summed E-state index contributed by atoms with van der Waals surface area (Å²) in [7, 11) is 0. The summed E-state index contributed by atoms with van der Waals surface area (Å²) in [6, 6.07) is 4.38. The fourth-order valence-electron chi connectivity index (χ4n) is 0.997. The maximum Gasteiger partial charge on any atom is 0.167 e. The first kappa shape index (κ1) is 9.86. The highest BCUT2D eigenvalue weighted by molar-refractivity contribution is 6.19. The third-order valence-corrected chi connectivity index (χ3v) is 1.83. The quantitative estimate of drug-likeness (QED) is 0.338. The Kier molecular flexibility index (Phi) is 3.14. The maximum absolute atomic E-state index is 11.3. The number of phenolic OH excluding ortho intramolecular Hbond substituents is 1. The number of ketones is 1. The molecule has 0 saturated carbocycles. The van der Waals surface area contributed by atoms with E-state index in [4.69, 9.17) is 17.3 Å². The Bertz CT molecular complexity index is 325. The predicted molar refractivity (Wildman–Crippen MR) is 52.2 cm³/mol. The number of carbonyl (C=O) groups excluding carboxylic acids is 1. The Morgan fingerprint density at radius 3 is 2.85 bits per heavy atom. The van der Waals surface area contributed by atoms with Crippen LogP contribution in [0.5, 0.6) is 5.75 Å². The van der Waals surface area contributed by atoms with Crippen molar-refractivity contribution in [3.05, 3.63) is 23.8 Å². The largest absolute Gasteiger partial charge is 0.507 e. The van der Waals surface area contributed by atoms with Gasteiger partial charge < -0.3 is 10.8 Å². The van der Waals surface area contributed by atoms with Crippen LogP contribution in [0.25, 0.3) is 0 Å². The van der Waals surface area contributed by atoms with Crippen LogP contribution in [0.3, 0.4) is 0 Å². The second kappa shape index (κ2) is 4.14. The number of hydrogen-bond donors (Lipinski definition) is 2. The van der Waals surface area contributed by atoms with Crippen molar-refractivity contribution < 1.29 is 9.90 Å². The van der Waals surface area contributed by atoms with E-state index in [1.807, 2.05) is 0 Å². The summed E-state index contributed by atoms with van der Waals surface area (Å²) in [6.07, 6.45) is 0.207. The fraction of sp³-hybridized carbons (Fsp3) is 0.222. The molecular weight excluding hydrogens is 190 g/mol. The lowest BCUT2D eigenvalue weighted by Gasteiger charge is -2.02. The lowest BCUT2D eigenvalue weighted by atomic mass is 10.1. The fourth-order valence-corrected chi connectivity index (χ4v) is 1.17. The second-order valence-corrected chi connectivity index (χ2v) is 3.02. The highest BCUT2D eigenvalue weighted by Gasteiger charge is 2.10. The van der Waals surface area contributed by atoms with E-state index in [2.05, 4.69) is 0 Å². The van der Waals surface area contributed by atoms with Gasteiger partial charge in [0, 0.05) is 18.0 Å². The van der Waals surface area contributed by atoms with Gasteiger partial charge in [-0.3, -0.25) is 4.79 Å². The average Bonchev–Trinajstić information content (AvgIpc) is 2.09. The van der Waals surface area contributed by atoms with Gasteiger partial charge in [0.05, 0.1) is 5.56 Å². The van der Waals surface area contributed by atoms with Crippen molar-refractivity contribution in [1.82, 2.24) is 0 Å². The summed E-state index contributed by atoms with van der Waals surface area (Å²) >= 11 is 5.40. The molecule has 0 unspecified atom stereocenters. The number of carbonyl (C=O) groups is 1. The number of Topliss-reactive ketones (excluding diaryl/α,β-unsaturated/α-hetero) is 1. The van der Waals surface area contributed by atoms with Crippen LogP contribution in [-0.2, 0) is 0 Å². The zero-order valence-electron chi connectivity index (χ0n) is 6.96. The van der Waals surface area contributed by atoms with Gasteiger partial charge in [0.1, 0.15) is 5.75 Å². The Balaban J connectivity index is 2.99. The molecule has 0 bridgehead atoms.